The number of carbonyl (C=O) groups is 2. The molecule has 1 heterocycles. The van der Waals surface area contributed by atoms with Crippen LogP contribution in [0.25, 0.3) is 0 Å². The van der Waals surface area contributed by atoms with E-state index >= 15 is 0 Å². The minimum atomic E-state index is -0.483. The molecule has 0 aliphatic carbocycles. The SMILES string of the molecule is CCOc1ccc(CNC(=O)c2[nH]c(C)c(C(=O)OCCOC)c2C)cc1OC. The number of ether oxygens (including phenoxy) is 4. The van der Waals surface area contributed by atoms with Crippen LogP contribution in [-0.4, -0.2) is 50.9 Å². The van der Waals surface area contributed by atoms with Gasteiger partial charge in [0.05, 0.1) is 25.9 Å². The number of carbonyl (C=O) groups excluding carboxylic acids is 2. The van der Waals surface area contributed by atoms with E-state index in [4.69, 9.17) is 18.9 Å². The van der Waals surface area contributed by atoms with Gasteiger partial charge in [0.2, 0.25) is 0 Å². The van der Waals surface area contributed by atoms with Gasteiger partial charge in [-0.05, 0) is 44.0 Å². The lowest BCUT2D eigenvalue weighted by molar-refractivity contribution is 0.0387. The summed E-state index contributed by atoms with van der Waals surface area (Å²) in [6, 6.07) is 5.48. The first-order valence-corrected chi connectivity index (χ1v) is 9.36. The van der Waals surface area contributed by atoms with Gasteiger partial charge in [-0.15, -0.1) is 0 Å². The first-order chi connectivity index (χ1) is 13.9. The number of aromatic amines is 1. The van der Waals surface area contributed by atoms with Gasteiger partial charge in [0, 0.05) is 19.3 Å². The summed E-state index contributed by atoms with van der Waals surface area (Å²) in [5, 5.41) is 2.85. The van der Waals surface area contributed by atoms with Crippen molar-refractivity contribution in [3.63, 3.8) is 0 Å². The molecule has 8 heteroatoms. The average Bonchev–Trinajstić information content (AvgIpc) is 3.01. The molecule has 0 aliphatic rings. The van der Waals surface area contributed by atoms with E-state index in [0.29, 0.717) is 53.8 Å². The Morgan fingerprint density at radius 2 is 1.86 bits per heavy atom. The second-order valence-corrected chi connectivity index (χ2v) is 6.35. The summed E-state index contributed by atoms with van der Waals surface area (Å²) in [7, 11) is 3.10. The van der Waals surface area contributed by atoms with Crippen molar-refractivity contribution < 1.29 is 28.5 Å². The normalized spacial score (nSPS) is 10.5. The maximum absolute atomic E-state index is 12.6. The largest absolute Gasteiger partial charge is 0.493 e. The number of hydrogen-bond acceptors (Lipinski definition) is 6. The molecule has 0 atom stereocenters. The van der Waals surface area contributed by atoms with E-state index in [2.05, 4.69) is 10.3 Å². The van der Waals surface area contributed by atoms with Crippen LogP contribution in [0.3, 0.4) is 0 Å². The Morgan fingerprint density at radius 1 is 1.10 bits per heavy atom. The van der Waals surface area contributed by atoms with Crippen LogP contribution in [-0.2, 0) is 16.0 Å². The van der Waals surface area contributed by atoms with E-state index in [1.54, 1.807) is 21.0 Å². The number of esters is 1. The van der Waals surface area contributed by atoms with Gasteiger partial charge in [0.15, 0.2) is 11.5 Å². The quantitative estimate of drug-likeness (QED) is 0.467. The van der Waals surface area contributed by atoms with E-state index in [9.17, 15) is 9.59 Å². The van der Waals surface area contributed by atoms with Crippen molar-refractivity contribution >= 4 is 11.9 Å². The van der Waals surface area contributed by atoms with Crippen LogP contribution < -0.4 is 14.8 Å². The molecule has 2 N–H and O–H groups in total. The number of aryl methyl sites for hydroxylation is 1. The first kappa shape index (κ1) is 22.3. The molecule has 0 spiro atoms. The molecule has 0 fully saturated rings. The molecule has 0 unspecified atom stereocenters. The number of rotatable bonds is 10. The number of aromatic nitrogens is 1. The molecule has 0 aliphatic heterocycles. The molecule has 29 heavy (non-hydrogen) atoms. The Morgan fingerprint density at radius 3 is 2.52 bits per heavy atom. The molecule has 1 aromatic heterocycles. The minimum Gasteiger partial charge on any atom is -0.493 e. The molecular weight excluding hydrogens is 376 g/mol. The van der Waals surface area contributed by atoms with Crippen LogP contribution in [0.2, 0.25) is 0 Å². The van der Waals surface area contributed by atoms with Crippen LogP contribution in [0, 0.1) is 13.8 Å². The lowest BCUT2D eigenvalue weighted by atomic mass is 10.1. The monoisotopic (exact) mass is 404 g/mol. The fraction of sp³-hybridized carbons (Fsp3) is 0.429. The van der Waals surface area contributed by atoms with Crippen molar-refractivity contribution in [1.82, 2.24) is 10.3 Å². The molecule has 1 aromatic carbocycles. The number of hydrogen-bond donors (Lipinski definition) is 2. The third-order valence-electron chi connectivity index (χ3n) is 4.37. The highest BCUT2D eigenvalue weighted by atomic mass is 16.6. The highest BCUT2D eigenvalue weighted by Crippen LogP contribution is 2.28. The number of methoxy groups -OCH3 is 2. The van der Waals surface area contributed by atoms with Crippen molar-refractivity contribution in [2.45, 2.75) is 27.3 Å². The van der Waals surface area contributed by atoms with E-state index in [1.165, 1.54) is 7.11 Å². The summed E-state index contributed by atoms with van der Waals surface area (Å²) < 4.78 is 20.9. The maximum Gasteiger partial charge on any atom is 0.340 e. The third-order valence-corrected chi connectivity index (χ3v) is 4.37. The van der Waals surface area contributed by atoms with Crippen LogP contribution in [0.5, 0.6) is 11.5 Å². The van der Waals surface area contributed by atoms with E-state index in [-0.39, 0.29) is 12.5 Å². The van der Waals surface area contributed by atoms with Crippen molar-refractivity contribution in [2.24, 2.45) is 0 Å². The fourth-order valence-electron chi connectivity index (χ4n) is 2.94. The predicted molar refractivity (Wildman–Crippen MR) is 108 cm³/mol. The molecule has 1 amide bonds. The predicted octanol–water partition coefficient (Wildman–Crippen LogP) is 2.77. The molecule has 2 aromatic rings. The zero-order valence-electron chi connectivity index (χ0n) is 17.5. The smallest absolute Gasteiger partial charge is 0.340 e. The summed E-state index contributed by atoms with van der Waals surface area (Å²) in [4.78, 5) is 27.9. The van der Waals surface area contributed by atoms with Crippen LogP contribution >= 0.6 is 0 Å². The van der Waals surface area contributed by atoms with Crippen LogP contribution in [0.4, 0.5) is 0 Å². The summed E-state index contributed by atoms with van der Waals surface area (Å²) in [6.45, 7) is 6.64. The van der Waals surface area contributed by atoms with Gasteiger partial charge in [-0.3, -0.25) is 4.79 Å². The Kier molecular flexibility index (Phi) is 8.09. The molecule has 158 valence electrons. The molecule has 0 saturated heterocycles. The highest BCUT2D eigenvalue weighted by molar-refractivity contribution is 6.00. The Hall–Kier alpha value is -3.00. The Balaban J connectivity index is 2.08. The van der Waals surface area contributed by atoms with Gasteiger partial charge in [-0.1, -0.05) is 6.07 Å². The standard InChI is InChI=1S/C21H28N2O6/c1-6-28-16-8-7-15(11-17(16)27-5)12-22-20(24)19-13(2)18(14(3)23-19)21(25)29-10-9-26-4/h7-8,11,23H,6,9-10,12H2,1-5H3,(H,22,24). The average molecular weight is 404 g/mol. The zero-order valence-corrected chi connectivity index (χ0v) is 17.5. The van der Waals surface area contributed by atoms with E-state index < -0.39 is 5.97 Å². The molecule has 0 bridgehead atoms. The van der Waals surface area contributed by atoms with Gasteiger partial charge < -0.3 is 29.2 Å². The van der Waals surface area contributed by atoms with Crippen molar-refractivity contribution in [2.75, 3.05) is 34.0 Å². The van der Waals surface area contributed by atoms with Gasteiger partial charge in [0.1, 0.15) is 12.3 Å². The molecule has 0 saturated carbocycles. The third kappa shape index (κ3) is 5.51. The van der Waals surface area contributed by atoms with E-state index in [1.807, 2.05) is 25.1 Å². The summed E-state index contributed by atoms with van der Waals surface area (Å²) in [6.07, 6.45) is 0. The molecule has 8 nitrogen and oxygen atoms in total. The minimum absolute atomic E-state index is 0.153. The summed E-state index contributed by atoms with van der Waals surface area (Å²) in [5.74, 6) is 0.460. The van der Waals surface area contributed by atoms with Gasteiger partial charge in [-0.2, -0.15) is 0 Å². The molecule has 2 rings (SSSR count). The van der Waals surface area contributed by atoms with E-state index in [0.717, 1.165) is 5.56 Å². The summed E-state index contributed by atoms with van der Waals surface area (Å²) in [5.41, 5.74) is 2.69. The number of amides is 1. The number of benzene rings is 1. The van der Waals surface area contributed by atoms with Gasteiger partial charge in [-0.25, -0.2) is 4.79 Å². The maximum atomic E-state index is 12.6. The fourth-order valence-corrected chi connectivity index (χ4v) is 2.94. The zero-order chi connectivity index (χ0) is 21.4. The highest BCUT2D eigenvalue weighted by Gasteiger charge is 2.23. The number of H-pyrrole nitrogens is 1. The van der Waals surface area contributed by atoms with Crippen molar-refractivity contribution in [3.05, 3.63) is 46.3 Å². The number of nitrogens with one attached hydrogen (secondary N) is 2. The Labute approximate surface area is 170 Å². The summed E-state index contributed by atoms with van der Waals surface area (Å²) >= 11 is 0. The second-order valence-electron chi connectivity index (χ2n) is 6.35. The molecule has 0 radical (unpaired) electrons. The van der Waals surface area contributed by atoms with Crippen molar-refractivity contribution in [1.29, 1.82) is 0 Å². The van der Waals surface area contributed by atoms with Gasteiger partial charge >= 0.3 is 5.97 Å². The molecular formula is C21H28N2O6. The second kappa shape index (κ2) is 10.5. The lowest BCUT2D eigenvalue weighted by Gasteiger charge is -2.11. The van der Waals surface area contributed by atoms with Gasteiger partial charge in [0.25, 0.3) is 5.91 Å². The van der Waals surface area contributed by atoms with Crippen LogP contribution in [0.15, 0.2) is 18.2 Å². The topological polar surface area (TPSA) is 98.9 Å². The first-order valence-electron chi connectivity index (χ1n) is 9.36. The van der Waals surface area contributed by atoms with Crippen LogP contribution in [0.1, 0.15) is 44.6 Å². The lowest BCUT2D eigenvalue weighted by Crippen LogP contribution is -2.24. The van der Waals surface area contributed by atoms with Crippen molar-refractivity contribution in [3.8, 4) is 11.5 Å². The Bertz CT molecular complexity index is 859.